The van der Waals surface area contributed by atoms with Gasteiger partial charge in [0.25, 0.3) is 5.69 Å². The number of nitro benzene ring substituents is 1. The van der Waals surface area contributed by atoms with Crippen LogP contribution >= 0.6 is 0 Å². The van der Waals surface area contributed by atoms with Crippen molar-refractivity contribution in [2.45, 2.75) is 25.8 Å². The van der Waals surface area contributed by atoms with Gasteiger partial charge in [0.05, 0.1) is 4.92 Å². The molecule has 0 saturated carbocycles. The molecule has 1 rings (SSSR count). The van der Waals surface area contributed by atoms with Gasteiger partial charge in [0.2, 0.25) is 5.91 Å². The van der Waals surface area contributed by atoms with Crippen molar-refractivity contribution in [2.24, 2.45) is 5.73 Å². The van der Waals surface area contributed by atoms with Crippen LogP contribution in [0.5, 0.6) is 0 Å². The Kier molecular flexibility index (Phi) is 5.95. The molecule has 2 N–H and O–H groups in total. The SMILES string of the molecule is CN(Cc1cccc([N+](=O)[O-])c1)C(=O)CCCCN. The molecule has 0 aliphatic carbocycles. The molecule has 1 amide bonds. The number of rotatable bonds is 7. The second kappa shape index (κ2) is 7.48. The molecule has 104 valence electrons. The molecule has 1 aromatic rings. The first-order chi connectivity index (χ1) is 9.04. The highest BCUT2D eigenvalue weighted by Crippen LogP contribution is 2.14. The van der Waals surface area contributed by atoms with Crippen LogP contribution in [-0.4, -0.2) is 29.3 Å². The number of carbonyl (C=O) groups excluding carboxylic acids is 1. The number of benzene rings is 1. The van der Waals surface area contributed by atoms with Crippen molar-refractivity contribution in [2.75, 3.05) is 13.6 Å². The summed E-state index contributed by atoms with van der Waals surface area (Å²) in [5, 5.41) is 10.7. The molecule has 6 heteroatoms. The first kappa shape index (κ1) is 15.1. The first-order valence-corrected chi connectivity index (χ1v) is 6.22. The Labute approximate surface area is 112 Å². The second-order valence-corrected chi connectivity index (χ2v) is 4.42. The number of hydrogen-bond acceptors (Lipinski definition) is 4. The molecular weight excluding hydrogens is 246 g/mol. The highest BCUT2D eigenvalue weighted by molar-refractivity contribution is 5.75. The Balaban J connectivity index is 2.56. The number of unbranched alkanes of at least 4 members (excludes halogenated alkanes) is 1. The van der Waals surface area contributed by atoms with Gasteiger partial charge in [0.1, 0.15) is 0 Å². The summed E-state index contributed by atoms with van der Waals surface area (Å²) in [6.45, 7) is 0.963. The molecule has 0 aromatic heterocycles. The van der Waals surface area contributed by atoms with E-state index in [4.69, 9.17) is 5.73 Å². The van der Waals surface area contributed by atoms with Gasteiger partial charge in [-0.3, -0.25) is 14.9 Å². The number of hydrogen-bond donors (Lipinski definition) is 1. The smallest absolute Gasteiger partial charge is 0.269 e. The summed E-state index contributed by atoms with van der Waals surface area (Å²) in [4.78, 5) is 23.6. The zero-order chi connectivity index (χ0) is 14.3. The molecule has 0 atom stereocenters. The quantitative estimate of drug-likeness (QED) is 0.461. The van der Waals surface area contributed by atoms with Crippen LogP contribution in [-0.2, 0) is 11.3 Å². The number of nitrogens with zero attached hydrogens (tertiary/aromatic N) is 2. The van der Waals surface area contributed by atoms with E-state index in [0.717, 1.165) is 18.4 Å². The van der Waals surface area contributed by atoms with Crippen LogP contribution in [0.2, 0.25) is 0 Å². The standard InChI is InChI=1S/C13H19N3O3/c1-15(13(17)7-2-3-8-14)10-11-5-4-6-12(9-11)16(18)19/h4-6,9H,2-3,7-8,10,14H2,1H3. The summed E-state index contributed by atoms with van der Waals surface area (Å²) in [6.07, 6.45) is 2.06. The Morgan fingerprint density at radius 1 is 1.42 bits per heavy atom. The Hall–Kier alpha value is -1.95. The van der Waals surface area contributed by atoms with Crippen molar-refractivity contribution in [1.82, 2.24) is 4.90 Å². The van der Waals surface area contributed by atoms with Crippen LogP contribution in [0.1, 0.15) is 24.8 Å². The van der Waals surface area contributed by atoms with Crippen molar-refractivity contribution < 1.29 is 9.72 Å². The summed E-state index contributed by atoms with van der Waals surface area (Å²) >= 11 is 0. The average molecular weight is 265 g/mol. The van der Waals surface area contributed by atoms with Crippen molar-refractivity contribution in [1.29, 1.82) is 0 Å². The Morgan fingerprint density at radius 2 is 2.16 bits per heavy atom. The number of carbonyl (C=O) groups is 1. The second-order valence-electron chi connectivity index (χ2n) is 4.42. The summed E-state index contributed by atoms with van der Waals surface area (Å²) in [7, 11) is 1.70. The molecule has 0 spiro atoms. The van der Waals surface area contributed by atoms with Gasteiger partial charge in [-0.05, 0) is 24.9 Å². The lowest BCUT2D eigenvalue weighted by Gasteiger charge is -2.17. The van der Waals surface area contributed by atoms with Crippen LogP contribution in [0.3, 0.4) is 0 Å². The maximum Gasteiger partial charge on any atom is 0.269 e. The molecular formula is C13H19N3O3. The predicted octanol–water partition coefficient (Wildman–Crippen LogP) is 1.68. The third-order valence-electron chi connectivity index (χ3n) is 2.81. The van der Waals surface area contributed by atoms with Crippen LogP contribution < -0.4 is 5.73 Å². The van der Waals surface area contributed by atoms with E-state index in [0.29, 0.717) is 19.5 Å². The molecule has 19 heavy (non-hydrogen) atoms. The molecule has 1 aromatic carbocycles. The van der Waals surface area contributed by atoms with Gasteiger partial charge in [-0.1, -0.05) is 12.1 Å². The van der Waals surface area contributed by atoms with Gasteiger partial charge in [0.15, 0.2) is 0 Å². The number of amides is 1. The van der Waals surface area contributed by atoms with Gasteiger partial charge >= 0.3 is 0 Å². The first-order valence-electron chi connectivity index (χ1n) is 6.22. The molecule has 0 aliphatic heterocycles. The van der Waals surface area contributed by atoms with Crippen molar-refractivity contribution >= 4 is 11.6 Å². The Morgan fingerprint density at radius 3 is 2.79 bits per heavy atom. The minimum Gasteiger partial charge on any atom is -0.341 e. The van der Waals surface area contributed by atoms with Crippen molar-refractivity contribution in [3.05, 3.63) is 39.9 Å². The Bertz CT molecular complexity index is 449. The highest BCUT2D eigenvalue weighted by atomic mass is 16.6. The predicted molar refractivity (Wildman–Crippen MR) is 72.5 cm³/mol. The molecule has 0 heterocycles. The lowest BCUT2D eigenvalue weighted by atomic mass is 10.1. The van der Waals surface area contributed by atoms with Crippen molar-refractivity contribution in [3.8, 4) is 0 Å². The third kappa shape index (κ3) is 5.05. The zero-order valence-electron chi connectivity index (χ0n) is 11.0. The summed E-state index contributed by atoms with van der Waals surface area (Å²) in [5.74, 6) is 0.0277. The van der Waals surface area contributed by atoms with E-state index in [-0.39, 0.29) is 11.6 Å². The largest absolute Gasteiger partial charge is 0.341 e. The number of nitro groups is 1. The lowest BCUT2D eigenvalue weighted by molar-refractivity contribution is -0.384. The molecule has 0 aliphatic rings. The molecule has 0 radical (unpaired) electrons. The van der Waals surface area contributed by atoms with Crippen molar-refractivity contribution in [3.63, 3.8) is 0 Å². The fraction of sp³-hybridized carbons (Fsp3) is 0.462. The van der Waals surface area contributed by atoms with Crippen LogP contribution in [0.25, 0.3) is 0 Å². The van der Waals surface area contributed by atoms with E-state index in [2.05, 4.69) is 0 Å². The molecule has 6 nitrogen and oxygen atoms in total. The van der Waals surface area contributed by atoms with Gasteiger partial charge in [-0.2, -0.15) is 0 Å². The minimum atomic E-state index is -0.438. The summed E-state index contributed by atoms with van der Waals surface area (Å²) in [6, 6.07) is 6.33. The summed E-state index contributed by atoms with van der Waals surface area (Å²) in [5.41, 5.74) is 6.17. The highest BCUT2D eigenvalue weighted by Gasteiger charge is 2.11. The maximum atomic E-state index is 11.8. The van der Waals surface area contributed by atoms with Gasteiger partial charge in [-0.25, -0.2) is 0 Å². The zero-order valence-corrected chi connectivity index (χ0v) is 11.0. The van der Waals surface area contributed by atoms with E-state index in [1.54, 1.807) is 24.1 Å². The average Bonchev–Trinajstić information content (AvgIpc) is 2.39. The molecule has 0 unspecified atom stereocenters. The van der Waals surface area contributed by atoms with E-state index >= 15 is 0 Å². The van der Waals surface area contributed by atoms with Gasteiger partial charge in [0, 0.05) is 32.1 Å². The minimum absolute atomic E-state index is 0.0277. The lowest BCUT2D eigenvalue weighted by Crippen LogP contribution is -2.26. The van der Waals surface area contributed by atoms with E-state index in [1.165, 1.54) is 12.1 Å². The number of nitrogens with two attached hydrogens (primary N) is 1. The van der Waals surface area contributed by atoms with Gasteiger partial charge in [-0.15, -0.1) is 0 Å². The summed E-state index contributed by atoms with van der Waals surface area (Å²) < 4.78 is 0. The van der Waals surface area contributed by atoms with E-state index < -0.39 is 4.92 Å². The van der Waals surface area contributed by atoms with Crippen LogP contribution in [0.4, 0.5) is 5.69 Å². The van der Waals surface area contributed by atoms with Crippen LogP contribution in [0.15, 0.2) is 24.3 Å². The normalized spacial score (nSPS) is 10.2. The van der Waals surface area contributed by atoms with E-state index in [1.807, 2.05) is 0 Å². The topological polar surface area (TPSA) is 89.5 Å². The number of non-ortho nitro benzene ring substituents is 1. The van der Waals surface area contributed by atoms with Crippen LogP contribution in [0, 0.1) is 10.1 Å². The molecule has 0 fully saturated rings. The monoisotopic (exact) mass is 265 g/mol. The maximum absolute atomic E-state index is 11.8. The van der Waals surface area contributed by atoms with E-state index in [9.17, 15) is 14.9 Å². The fourth-order valence-corrected chi connectivity index (χ4v) is 1.74. The molecule has 0 saturated heterocycles. The third-order valence-corrected chi connectivity index (χ3v) is 2.81. The molecule has 0 bridgehead atoms. The fourth-order valence-electron chi connectivity index (χ4n) is 1.74. The van der Waals surface area contributed by atoms with Gasteiger partial charge < -0.3 is 10.6 Å².